The van der Waals surface area contributed by atoms with Gasteiger partial charge in [0.2, 0.25) is 5.91 Å². The Hall–Kier alpha value is -3.35. The third-order valence-corrected chi connectivity index (χ3v) is 7.74. The minimum atomic E-state index is -0.465. The molecule has 1 aromatic carbocycles. The molecule has 1 aliphatic carbocycles. The third-order valence-electron chi connectivity index (χ3n) is 7.44. The predicted octanol–water partition coefficient (Wildman–Crippen LogP) is 5.77. The Morgan fingerprint density at radius 3 is 2.92 bits per heavy atom. The monoisotopic (exact) mass is 537 g/mol. The molecule has 0 spiro atoms. The molecule has 0 bridgehead atoms. The van der Waals surface area contributed by atoms with Gasteiger partial charge in [0.1, 0.15) is 29.5 Å². The Morgan fingerprint density at radius 1 is 1.32 bits per heavy atom. The number of ketones is 1. The van der Waals surface area contributed by atoms with Crippen LogP contribution in [0.1, 0.15) is 58.2 Å². The number of imidazole rings is 1. The minimum absolute atomic E-state index is 0.0814. The van der Waals surface area contributed by atoms with E-state index in [0.29, 0.717) is 59.4 Å². The van der Waals surface area contributed by atoms with Crippen LogP contribution in [0.4, 0.5) is 10.2 Å². The molecular weight excluding hydrogens is 509 g/mol. The molecule has 38 heavy (non-hydrogen) atoms. The molecule has 3 aromatic rings. The highest BCUT2D eigenvalue weighted by molar-refractivity contribution is 6.33. The van der Waals surface area contributed by atoms with Gasteiger partial charge < -0.3 is 14.6 Å². The maximum atomic E-state index is 15.2. The number of rotatable bonds is 6. The van der Waals surface area contributed by atoms with Crippen LogP contribution >= 0.6 is 11.6 Å². The van der Waals surface area contributed by atoms with Gasteiger partial charge in [-0.25, -0.2) is 14.4 Å². The summed E-state index contributed by atoms with van der Waals surface area (Å²) in [5.74, 6) is 0.121. The van der Waals surface area contributed by atoms with Crippen LogP contribution in [-0.4, -0.2) is 32.8 Å². The number of amides is 1. The molecule has 1 N–H and O–H groups in total. The number of nitrogens with one attached hydrogen (secondary N) is 1. The fourth-order valence-corrected chi connectivity index (χ4v) is 5.93. The normalized spacial score (nSPS) is 20.5. The second-order valence-electron chi connectivity index (χ2n) is 10.8. The Morgan fingerprint density at radius 2 is 2.13 bits per heavy atom. The van der Waals surface area contributed by atoms with Crippen LogP contribution in [0.2, 0.25) is 5.02 Å². The van der Waals surface area contributed by atoms with Crippen LogP contribution in [0.5, 0.6) is 0 Å². The van der Waals surface area contributed by atoms with Crippen molar-refractivity contribution in [2.75, 3.05) is 11.9 Å². The Bertz CT molecular complexity index is 1460. The van der Waals surface area contributed by atoms with Gasteiger partial charge in [-0.1, -0.05) is 18.0 Å². The number of nitrogens with zero attached hydrogens (tertiary/aromatic N) is 4. The van der Waals surface area contributed by atoms with Crippen molar-refractivity contribution in [1.82, 2.24) is 14.5 Å². The molecule has 1 aliphatic heterocycles. The minimum Gasteiger partial charge on any atom is -0.371 e. The molecule has 0 radical (unpaired) electrons. The van der Waals surface area contributed by atoms with Crippen LogP contribution < -0.4 is 5.32 Å². The van der Waals surface area contributed by atoms with E-state index < -0.39 is 11.4 Å². The highest BCUT2D eigenvalue weighted by Crippen LogP contribution is 2.37. The summed E-state index contributed by atoms with van der Waals surface area (Å²) in [6.07, 6.45) is 4.72. The number of nitriles is 1. The summed E-state index contributed by atoms with van der Waals surface area (Å²) in [5, 5.41) is 12.0. The Labute approximate surface area is 225 Å². The molecule has 8 nitrogen and oxygen atoms in total. The number of halogens is 2. The summed E-state index contributed by atoms with van der Waals surface area (Å²) in [4.78, 5) is 33.7. The summed E-state index contributed by atoms with van der Waals surface area (Å²) in [6, 6.07) is 6.80. The molecule has 2 aromatic heterocycles. The van der Waals surface area contributed by atoms with Crippen molar-refractivity contribution in [3.8, 4) is 17.2 Å². The first kappa shape index (κ1) is 26.3. The van der Waals surface area contributed by atoms with Crippen molar-refractivity contribution in [3.63, 3.8) is 0 Å². The second-order valence-corrected chi connectivity index (χ2v) is 11.2. The van der Waals surface area contributed by atoms with E-state index in [0.717, 1.165) is 19.3 Å². The quantitative estimate of drug-likeness (QED) is 0.427. The van der Waals surface area contributed by atoms with Crippen LogP contribution in [-0.2, 0) is 26.5 Å². The van der Waals surface area contributed by atoms with E-state index >= 15 is 4.39 Å². The van der Waals surface area contributed by atoms with Crippen LogP contribution in [0.15, 0.2) is 24.4 Å². The molecule has 0 unspecified atom stereocenters. The Kier molecular flexibility index (Phi) is 7.21. The van der Waals surface area contributed by atoms with Crippen molar-refractivity contribution >= 4 is 40.1 Å². The van der Waals surface area contributed by atoms with Crippen molar-refractivity contribution in [1.29, 1.82) is 5.26 Å². The average molecular weight is 538 g/mol. The van der Waals surface area contributed by atoms with Crippen molar-refractivity contribution < 1.29 is 18.7 Å². The van der Waals surface area contributed by atoms with E-state index in [1.165, 1.54) is 12.3 Å². The number of hydrogen-bond donors (Lipinski definition) is 1. The number of fused-ring (bicyclic) bond motifs is 3. The lowest BCUT2D eigenvalue weighted by Gasteiger charge is -2.33. The first-order valence-corrected chi connectivity index (χ1v) is 13.2. The van der Waals surface area contributed by atoms with Gasteiger partial charge in [-0.2, -0.15) is 5.26 Å². The lowest BCUT2D eigenvalue weighted by molar-refractivity contribution is -0.123. The maximum absolute atomic E-state index is 15.2. The number of ether oxygens (including phenoxy) is 1. The summed E-state index contributed by atoms with van der Waals surface area (Å²) >= 11 is 6.49. The summed E-state index contributed by atoms with van der Waals surface area (Å²) < 4.78 is 22.9. The SMILES string of the molecule is CC1(C)COCc2nc3c(F)cc(-c4cc(NC(=O)[C@H]5CCC[C@@H](CC(=O)CC#N)C5)ncc4Cl)cc3n21. The zero-order chi connectivity index (χ0) is 27.0. The number of hydrogen-bond acceptors (Lipinski definition) is 6. The van der Waals surface area contributed by atoms with Gasteiger partial charge in [-0.3, -0.25) is 9.59 Å². The number of anilines is 1. The summed E-state index contributed by atoms with van der Waals surface area (Å²) in [7, 11) is 0. The first-order valence-electron chi connectivity index (χ1n) is 12.8. The largest absolute Gasteiger partial charge is 0.371 e. The van der Waals surface area contributed by atoms with E-state index in [9.17, 15) is 9.59 Å². The molecule has 3 heterocycles. The topological polar surface area (TPSA) is 110 Å². The zero-order valence-corrected chi connectivity index (χ0v) is 22.1. The van der Waals surface area contributed by atoms with Gasteiger partial charge in [0, 0.05) is 24.1 Å². The van der Waals surface area contributed by atoms with Crippen LogP contribution in [0.25, 0.3) is 22.2 Å². The Balaban J connectivity index is 1.39. The van der Waals surface area contributed by atoms with Crippen LogP contribution in [0.3, 0.4) is 0 Å². The molecule has 0 saturated heterocycles. The van der Waals surface area contributed by atoms with Crippen LogP contribution in [0, 0.1) is 29.0 Å². The van der Waals surface area contributed by atoms with E-state index in [1.807, 2.05) is 30.6 Å². The number of benzene rings is 1. The maximum Gasteiger partial charge on any atom is 0.228 e. The van der Waals surface area contributed by atoms with E-state index in [1.54, 1.807) is 6.07 Å². The molecule has 2 atom stereocenters. The van der Waals surface area contributed by atoms with Gasteiger partial charge in [-0.05, 0) is 62.8 Å². The van der Waals surface area contributed by atoms with Gasteiger partial charge >= 0.3 is 0 Å². The highest BCUT2D eigenvalue weighted by Gasteiger charge is 2.32. The number of carbonyl (C=O) groups is 2. The number of pyridine rings is 1. The van der Waals surface area contributed by atoms with Gasteiger partial charge in [-0.15, -0.1) is 0 Å². The molecule has 198 valence electrons. The molecular formula is C28H29ClFN5O3. The van der Waals surface area contributed by atoms with E-state index in [-0.39, 0.29) is 35.5 Å². The van der Waals surface area contributed by atoms with Gasteiger partial charge in [0.25, 0.3) is 0 Å². The molecule has 1 saturated carbocycles. The highest BCUT2D eigenvalue weighted by atomic mass is 35.5. The van der Waals surface area contributed by atoms with Crippen molar-refractivity contribution in [3.05, 3.63) is 41.1 Å². The van der Waals surface area contributed by atoms with E-state index in [2.05, 4.69) is 15.3 Å². The number of carbonyl (C=O) groups excluding carboxylic acids is 2. The molecule has 2 aliphatic rings. The summed E-state index contributed by atoms with van der Waals surface area (Å²) in [6.45, 7) is 4.83. The average Bonchev–Trinajstić information content (AvgIpc) is 3.26. The molecule has 1 amide bonds. The third kappa shape index (κ3) is 5.16. The number of aromatic nitrogens is 3. The predicted molar refractivity (Wildman–Crippen MR) is 141 cm³/mol. The second kappa shape index (κ2) is 10.4. The number of Topliss-reactive ketones (excluding diaryl/α,β-unsaturated/α-hetero) is 1. The van der Waals surface area contributed by atoms with Gasteiger partial charge in [0.05, 0.1) is 35.2 Å². The fraction of sp³-hybridized carbons (Fsp3) is 0.464. The summed E-state index contributed by atoms with van der Waals surface area (Å²) in [5.41, 5.74) is 1.63. The molecule has 1 fully saturated rings. The van der Waals surface area contributed by atoms with Crippen molar-refractivity contribution in [2.24, 2.45) is 11.8 Å². The lowest BCUT2D eigenvalue weighted by atomic mass is 9.78. The van der Waals surface area contributed by atoms with Gasteiger partial charge in [0.15, 0.2) is 5.82 Å². The van der Waals surface area contributed by atoms with E-state index in [4.69, 9.17) is 21.6 Å². The first-order chi connectivity index (χ1) is 18.2. The van der Waals surface area contributed by atoms with Crippen molar-refractivity contribution in [2.45, 2.75) is 64.5 Å². The molecule has 5 rings (SSSR count). The zero-order valence-electron chi connectivity index (χ0n) is 21.4. The smallest absolute Gasteiger partial charge is 0.228 e. The fourth-order valence-electron chi connectivity index (χ4n) is 5.72. The molecule has 10 heteroatoms. The standard InChI is InChI=1S/C28H29ClFN5O3/c1-28(2)15-38-14-25-34-26-22(30)10-18(11-23(26)35(25)28)20-12-24(32-13-21(20)29)33-27(37)17-5-3-4-16(8-17)9-19(36)6-7-31/h10-13,16-17H,3-6,8-9,14-15H2,1-2H3,(H,32,33,37)/t16-,17+/m1/s1. The lowest BCUT2D eigenvalue weighted by Crippen LogP contribution is -2.37.